The van der Waals surface area contributed by atoms with Crippen LogP contribution in [0.5, 0.6) is 0 Å². The van der Waals surface area contributed by atoms with Crippen molar-refractivity contribution < 1.29 is 23.1 Å². The maximum Gasteiger partial charge on any atom is 0.413 e. The second-order valence-electron chi connectivity index (χ2n) is 3.13. The fraction of sp³-hybridized carbons (Fsp3) is 1.00. The van der Waals surface area contributed by atoms with Gasteiger partial charge in [-0.05, 0) is 19.3 Å². The van der Waals surface area contributed by atoms with Crippen LogP contribution in [0.15, 0.2) is 0 Å². The molecule has 0 heterocycles. The van der Waals surface area contributed by atoms with Gasteiger partial charge in [-0.15, -0.1) is 0 Å². The van der Waals surface area contributed by atoms with Gasteiger partial charge >= 0.3 is 6.18 Å². The van der Waals surface area contributed by atoms with Gasteiger partial charge in [-0.2, -0.15) is 18.7 Å². The van der Waals surface area contributed by atoms with Gasteiger partial charge in [0, 0.05) is 0 Å². The molecule has 6 heteroatoms. The van der Waals surface area contributed by atoms with Crippen molar-refractivity contribution in [2.75, 3.05) is 6.61 Å². The van der Waals surface area contributed by atoms with Crippen molar-refractivity contribution >= 4 is 0 Å². The van der Waals surface area contributed by atoms with E-state index >= 15 is 0 Å². The maximum atomic E-state index is 11.6. The van der Waals surface area contributed by atoms with Gasteiger partial charge in [-0.25, -0.2) is 0 Å². The fourth-order valence-electron chi connectivity index (χ4n) is 1.31. The molecule has 1 fully saturated rings. The Hall–Kier alpha value is -0.330. The van der Waals surface area contributed by atoms with E-state index in [0.29, 0.717) is 12.8 Å². The molecule has 2 unspecified atom stereocenters. The van der Waals surface area contributed by atoms with E-state index in [1.54, 1.807) is 0 Å². The van der Waals surface area contributed by atoms with E-state index < -0.39 is 18.9 Å². The number of hydrogen-bond acceptors (Lipinski definition) is 3. The number of aliphatic hydroxyl groups is 1. The summed E-state index contributed by atoms with van der Waals surface area (Å²) >= 11 is 0. The van der Waals surface area contributed by atoms with Crippen LogP contribution in [0.25, 0.3) is 0 Å². The summed E-state index contributed by atoms with van der Waals surface area (Å²) in [5.41, 5.74) is 2.22. The summed E-state index contributed by atoms with van der Waals surface area (Å²) < 4.78 is 34.8. The summed E-state index contributed by atoms with van der Waals surface area (Å²) in [6, 6.07) is -0.359. The molecule has 3 nitrogen and oxygen atoms in total. The highest BCUT2D eigenvalue weighted by molar-refractivity contribution is 4.79. The van der Waals surface area contributed by atoms with Crippen LogP contribution in [0.3, 0.4) is 0 Å². The molecule has 0 radical (unpaired) electrons. The molecule has 2 atom stereocenters. The number of nitrogens with one attached hydrogen (secondary N) is 1. The highest BCUT2D eigenvalue weighted by Gasteiger charge is 2.30. The zero-order valence-corrected chi connectivity index (χ0v) is 6.97. The third-order valence-electron chi connectivity index (χ3n) is 1.95. The highest BCUT2D eigenvalue weighted by Crippen LogP contribution is 2.19. The van der Waals surface area contributed by atoms with E-state index in [1.165, 1.54) is 0 Å². The minimum atomic E-state index is -4.32. The molecule has 0 aromatic carbocycles. The van der Waals surface area contributed by atoms with Crippen LogP contribution in [-0.2, 0) is 4.84 Å². The zero-order valence-electron chi connectivity index (χ0n) is 6.97. The van der Waals surface area contributed by atoms with Crippen molar-refractivity contribution in [2.45, 2.75) is 37.6 Å². The normalized spacial score (nSPS) is 29.5. The SMILES string of the molecule is OC1CCCC1NOCC(F)(F)F. The molecule has 13 heavy (non-hydrogen) atoms. The van der Waals surface area contributed by atoms with Crippen LogP contribution < -0.4 is 5.48 Å². The number of hydrogen-bond donors (Lipinski definition) is 2. The Balaban J connectivity index is 2.12. The molecule has 78 valence electrons. The summed E-state index contributed by atoms with van der Waals surface area (Å²) in [7, 11) is 0. The highest BCUT2D eigenvalue weighted by atomic mass is 19.4. The molecular formula is C7H12F3NO2. The lowest BCUT2D eigenvalue weighted by Gasteiger charge is -2.16. The van der Waals surface area contributed by atoms with Gasteiger partial charge in [0.05, 0.1) is 12.1 Å². The monoisotopic (exact) mass is 199 g/mol. The van der Waals surface area contributed by atoms with E-state index in [4.69, 9.17) is 0 Å². The van der Waals surface area contributed by atoms with Crippen LogP contribution in [-0.4, -0.2) is 30.0 Å². The van der Waals surface area contributed by atoms with Crippen molar-refractivity contribution in [1.82, 2.24) is 5.48 Å². The predicted molar refractivity (Wildman–Crippen MR) is 38.8 cm³/mol. The molecule has 0 spiro atoms. The number of aliphatic hydroxyl groups excluding tert-OH is 1. The molecule has 1 aliphatic rings. The molecule has 1 aliphatic carbocycles. The minimum absolute atomic E-state index is 0.359. The summed E-state index contributed by atoms with van der Waals surface area (Å²) in [4.78, 5) is 4.22. The lowest BCUT2D eigenvalue weighted by atomic mass is 10.2. The topological polar surface area (TPSA) is 41.5 Å². The van der Waals surface area contributed by atoms with Crippen LogP contribution >= 0.6 is 0 Å². The molecule has 0 aliphatic heterocycles. The Labute approximate surface area is 73.8 Å². The van der Waals surface area contributed by atoms with Crippen LogP contribution in [0.4, 0.5) is 13.2 Å². The summed E-state index contributed by atoms with van der Waals surface area (Å²) in [5.74, 6) is 0. The van der Waals surface area contributed by atoms with Gasteiger partial charge in [-0.1, -0.05) is 0 Å². The zero-order chi connectivity index (χ0) is 9.90. The predicted octanol–water partition coefficient (Wildman–Crippen LogP) is 0.983. The van der Waals surface area contributed by atoms with Crippen molar-refractivity contribution in [3.05, 3.63) is 0 Å². The standard InChI is InChI=1S/C7H12F3NO2/c8-7(9,10)4-13-11-5-2-1-3-6(5)12/h5-6,11-12H,1-4H2. The van der Waals surface area contributed by atoms with E-state index in [1.807, 2.05) is 0 Å². The Bertz CT molecular complexity index is 162. The molecule has 0 bridgehead atoms. The van der Waals surface area contributed by atoms with Crippen molar-refractivity contribution in [2.24, 2.45) is 0 Å². The van der Waals surface area contributed by atoms with Gasteiger partial charge < -0.3 is 5.11 Å². The number of alkyl halides is 3. The first-order chi connectivity index (χ1) is 5.99. The third kappa shape index (κ3) is 3.93. The Kier molecular flexibility index (Phi) is 3.52. The first-order valence-electron chi connectivity index (χ1n) is 4.11. The minimum Gasteiger partial charge on any atom is -0.391 e. The third-order valence-corrected chi connectivity index (χ3v) is 1.95. The Morgan fingerprint density at radius 2 is 2.08 bits per heavy atom. The average Bonchev–Trinajstić information content (AvgIpc) is 2.34. The first kappa shape index (κ1) is 10.7. The van der Waals surface area contributed by atoms with Gasteiger partial charge in [0.25, 0.3) is 0 Å². The molecule has 0 saturated heterocycles. The summed E-state index contributed by atoms with van der Waals surface area (Å²) in [6.45, 7) is -1.32. The van der Waals surface area contributed by atoms with E-state index in [-0.39, 0.29) is 6.04 Å². The second kappa shape index (κ2) is 4.26. The van der Waals surface area contributed by atoms with Gasteiger partial charge in [0.1, 0.15) is 0 Å². The van der Waals surface area contributed by atoms with Crippen molar-refractivity contribution in [1.29, 1.82) is 0 Å². The van der Waals surface area contributed by atoms with Gasteiger partial charge in [-0.3, -0.25) is 4.84 Å². The smallest absolute Gasteiger partial charge is 0.391 e. The van der Waals surface area contributed by atoms with Crippen molar-refractivity contribution in [3.63, 3.8) is 0 Å². The molecule has 0 amide bonds. The van der Waals surface area contributed by atoms with Crippen molar-refractivity contribution in [3.8, 4) is 0 Å². The quantitative estimate of drug-likeness (QED) is 0.666. The lowest BCUT2D eigenvalue weighted by Crippen LogP contribution is -2.37. The summed E-state index contributed by atoms with van der Waals surface area (Å²) in [6.07, 6.45) is -2.83. The maximum absolute atomic E-state index is 11.6. The number of rotatable bonds is 3. The molecule has 0 aromatic rings. The molecule has 2 N–H and O–H groups in total. The van der Waals surface area contributed by atoms with Gasteiger partial charge in [0.15, 0.2) is 6.61 Å². The fourth-order valence-corrected chi connectivity index (χ4v) is 1.31. The first-order valence-corrected chi connectivity index (χ1v) is 4.11. The summed E-state index contributed by atoms with van der Waals surface area (Å²) in [5, 5.41) is 9.19. The lowest BCUT2D eigenvalue weighted by molar-refractivity contribution is -0.195. The molecular weight excluding hydrogens is 187 g/mol. The van der Waals surface area contributed by atoms with Gasteiger partial charge in [0.2, 0.25) is 0 Å². The second-order valence-corrected chi connectivity index (χ2v) is 3.13. The Morgan fingerprint density at radius 3 is 2.54 bits per heavy atom. The van der Waals surface area contributed by atoms with Crippen LogP contribution in [0.2, 0.25) is 0 Å². The molecule has 0 aromatic heterocycles. The Morgan fingerprint density at radius 1 is 1.38 bits per heavy atom. The average molecular weight is 199 g/mol. The molecule has 1 saturated carbocycles. The van der Waals surface area contributed by atoms with Crippen LogP contribution in [0, 0.1) is 0 Å². The van der Waals surface area contributed by atoms with Crippen LogP contribution in [0.1, 0.15) is 19.3 Å². The van der Waals surface area contributed by atoms with E-state index in [2.05, 4.69) is 10.3 Å². The van der Waals surface area contributed by atoms with E-state index in [9.17, 15) is 18.3 Å². The number of hydroxylamine groups is 1. The molecule has 1 rings (SSSR count). The van der Waals surface area contributed by atoms with E-state index in [0.717, 1.165) is 6.42 Å². The largest absolute Gasteiger partial charge is 0.413 e. The number of halogens is 3.